The summed E-state index contributed by atoms with van der Waals surface area (Å²) in [4.78, 5) is 2.45. The predicted molar refractivity (Wildman–Crippen MR) is 279 cm³/mol. The molecule has 2 nitrogen and oxygen atoms in total. The molecule has 2 aliphatic rings. The first-order chi connectivity index (χ1) is 33.3. The van der Waals surface area contributed by atoms with Crippen LogP contribution >= 0.6 is 0 Å². The number of fused-ring (bicyclic) bond motifs is 16. The van der Waals surface area contributed by atoms with E-state index in [9.17, 15) is 0 Å². The molecule has 310 valence electrons. The molecule has 13 aromatic rings. The second-order valence-corrected chi connectivity index (χ2v) is 18.2. The summed E-state index contributed by atoms with van der Waals surface area (Å²) in [6.07, 6.45) is 0. The highest BCUT2D eigenvalue weighted by Crippen LogP contribution is 2.64. The van der Waals surface area contributed by atoms with Gasteiger partial charge >= 0.3 is 0 Å². The first kappa shape index (κ1) is 36.6. The molecule has 0 aliphatic heterocycles. The van der Waals surface area contributed by atoms with Gasteiger partial charge in [-0.15, -0.1) is 0 Å². The van der Waals surface area contributed by atoms with Gasteiger partial charge in [0.25, 0.3) is 0 Å². The fourth-order valence-corrected chi connectivity index (χ4v) is 12.4. The van der Waals surface area contributed by atoms with Gasteiger partial charge in [-0.25, -0.2) is 0 Å². The van der Waals surface area contributed by atoms with Gasteiger partial charge in [-0.3, -0.25) is 0 Å². The van der Waals surface area contributed by atoms with E-state index in [4.69, 9.17) is 4.42 Å². The SMILES string of the molecule is c1ccc(-c2ccccc2N(c2ccc3c(c2)C2(c4ccccc4-c4ccccc4-3)c3ccccc3-c3c2cc2ccc4cccc5ccc3c2c45)c2cccc3c2oc2ccccc23)cc1. The van der Waals surface area contributed by atoms with E-state index < -0.39 is 5.41 Å². The number of rotatable bonds is 4. The van der Waals surface area contributed by atoms with Gasteiger partial charge in [-0.1, -0.05) is 200 Å². The van der Waals surface area contributed by atoms with Gasteiger partial charge in [0.1, 0.15) is 5.58 Å². The molecule has 2 heteroatoms. The molecule has 12 aromatic carbocycles. The van der Waals surface area contributed by atoms with Crippen LogP contribution in [0.4, 0.5) is 17.1 Å². The Labute approximate surface area is 387 Å². The van der Waals surface area contributed by atoms with E-state index in [2.05, 4.69) is 241 Å². The molecule has 1 heterocycles. The van der Waals surface area contributed by atoms with Crippen molar-refractivity contribution >= 4 is 71.3 Å². The van der Waals surface area contributed by atoms with Crippen molar-refractivity contribution in [3.05, 3.63) is 259 Å². The molecule has 0 bridgehead atoms. The topological polar surface area (TPSA) is 16.4 Å². The maximum atomic E-state index is 6.92. The highest BCUT2D eigenvalue weighted by Gasteiger charge is 2.50. The summed E-state index contributed by atoms with van der Waals surface area (Å²) in [5, 5.41) is 9.98. The van der Waals surface area contributed by atoms with Crippen molar-refractivity contribution in [2.24, 2.45) is 0 Å². The van der Waals surface area contributed by atoms with Crippen LogP contribution in [-0.2, 0) is 5.41 Å². The van der Waals surface area contributed by atoms with E-state index in [1.807, 2.05) is 0 Å². The van der Waals surface area contributed by atoms with Crippen LogP contribution in [-0.4, -0.2) is 0 Å². The Morgan fingerprint density at radius 1 is 0.328 bits per heavy atom. The molecule has 0 radical (unpaired) electrons. The summed E-state index contributed by atoms with van der Waals surface area (Å²) in [5.74, 6) is 0. The number of furan rings is 1. The third-order valence-electron chi connectivity index (χ3n) is 15.0. The lowest BCUT2D eigenvalue weighted by Crippen LogP contribution is -2.29. The zero-order chi connectivity index (χ0) is 43.8. The average Bonchev–Trinajstić information content (AvgIpc) is 3.89. The van der Waals surface area contributed by atoms with E-state index in [1.165, 1.54) is 88.0 Å². The van der Waals surface area contributed by atoms with Gasteiger partial charge in [-0.2, -0.15) is 0 Å². The molecule has 0 amide bonds. The van der Waals surface area contributed by atoms with Crippen LogP contribution in [0.25, 0.3) is 98.8 Å². The molecule has 2 aliphatic carbocycles. The summed E-state index contributed by atoms with van der Waals surface area (Å²) >= 11 is 0. The minimum atomic E-state index is -0.701. The van der Waals surface area contributed by atoms with Gasteiger partial charge < -0.3 is 9.32 Å². The lowest BCUT2D eigenvalue weighted by Gasteiger charge is -2.37. The van der Waals surface area contributed by atoms with E-state index in [1.54, 1.807) is 0 Å². The van der Waals surface area contributed by atoms with Crippen molar-refractivity contribution in [2.45, 2.75) is 5.41 Å². The van der Waals surface area contributed by atoms with Crippen LogP contribution in [0.3, 0.4) is 0 Å². The number of hydrogen-bond donors (Lipinski definition) is 0. The van der Waals surface area contributed by atoms with Crippen LogP contribution in [0.1, 0.15) is 22.3 Å². The van der Waals surface area contributed by atoms with Gasteiger partial charge in [0, 0.05) is 22.0 Å². The Hall–Kier alpha value is -8.72. The first-order valence-corrected chi connectivity index (χ1v) is 23.3. The van der Waals surface area contributed by atoms with Crippen LogP contribution < -0.4 is 4.90 Å². The minimum absolute atomic E-state index is 0.701. The zero-order valence-corrected chi connectivity index (χ0v) is 36.4. The molecule has 1 aromatic heterocycles. The lowest BCUT2D eigenvalue weighted by molar-refractivity contribution is 0.669. The fourth-order valence-electron chi connectivity index (χ4n) is 12.4. The Morgan fingerprint density at radius 3 is 1.75 bits per heavy atom. The summed E-state index contributed by atoms with van der Waals surface area (Å²) < 4.78 is 6.92. The van der Waals surface area contributed by atoms with Crippen LogP contribution in [0.5, 0.6) is 0 Å². The maximum absolute atomic E-state index is 6.92. The molecule has 0 saturated heterocycles. The molecule has 15 rings (SSSR count). The van der Waals surface area contributed by atoms with E-state index in [-0.39, 0.29) is 0 Å². The predicted octanol–water partition coefficient (Wildman–Crippen LogP) is 17.6. The summed E-state index contributed by atoms with van der Waals surface area (Å²) in [6, 6.07) is 88.0. The minimum Gasteiger partial charge on any atom is -0.454 e. The van der Waals surface area contributed by atoms with Crippen LogP contribution in [0.15, 0.2) is 241 Å². The van der Waals surface area contributed by atoms with E-state index >= 15 is 0 Å². The molecule has 1 spiro atoms. The van der Waals surface area contributed by atoms with Crippen LogP contribution in [0.2, 0.25) is 0 Å². The Kier molecular flexibility index (Phi) is 7.46. The normalized spacial score (nSPS) is 14.6. The highest BCUT2D eigenvalue weighted by molar-refractivity contribution is 6.27. The van der Waals surface area contributed by atoms with E-state index in [0.29, 0.717) is 0 Å². The first-order valence-electron chi connectivity index (χ1n) is 23.3. The summed E-state index contributed by atoms with van der Waals surface area (Å²) in [5.41, 5.74) is 19.1. The number of anilines is 3. The Morgan fingerprint density at radius 2 is 0.925 bits per heavy atom. The van der Waals surface area contributed by atoms with Gasteiger partial charge in [0.15, 0.2) is 5.58 Å². The van der Waals surface area contributed by atoms with Crippen molar-refractivity contribution in [2.75, 3.05) is 4.90 Å². The number of hydrogen-bond acceptors (Lipinski definition) is 2. The number of nitrogens with zero attached hydrogens (tertiary/aromatic N) is 1. The van der Waals surface area contributed by atoms with Gasteiger partial charge in [-0.05, 0) is 130 Å². The van der Waals surface area contributed by atoms with Crippen LogP contribution in [0, 0.1) is 0 Å². The van der Waals surface area contributed by atoms with Crippen molar-refractivity contribution < 1.29 is 4.42 Å². The molecule has 67 heavy (non-hydrogen) atoms. The smallest absolute Gasteiger partial charge is 0.159 e. The third-order valence-corrected chi connectivity index (χ3v) is 15.0. The summed E-state index contributed by atoms with van der Waals surface area (Å²) in [7, 11) is 0. The zero-order valence-electron chi connectivity index (χ0n) is 36.4. The van der Waals surface area contributed by atoms with Gasteiger partial charge in [0.05, 0.1) is 16.8 Å². The summed E-state index contributed by atoms with van der Waals surface area (Å²) in [6.45, 7) is 0. The van der Waals surface area contributed by atoms with Crippen molar-refractivity contribution in [3.8, 4) is 44.5 Å². The quantitative estimate of drug-likeness (QED) is 0.164. The van der Waals surface area contributed by atoms with Crippen molar-refractivity contribution in [3.63, 3.8) is 0 Å². The second kappa shape index (κ2) is 13.7. The van der Waals surface area contributed by atoms with E-state index in [0.717, 1.165) is 50.1 Å². The average molecular weight is 850 g/mol. The number of para-hydroxylation sites is 3. The molecule has 1 atom stereocenters. The standard InChI is InChI=1S/C65H39NO/c1-2-16-40(17-3-1)45-20-8-12-29-58(45)66(59-30-15-26-51-50-24-9-13-31-60(50)67-64(51)59)44-35-37-49-47-22-5-4-21-46(47)48-23-6-10-27-54(48)65(56(49)39-44)55-28-11-7-25-52(55)63-53-36-34-42-19-14-18-41-32-33-43(38-57(63)65)62(53)61(41)42/h1-39H. The Bertz CT molecular complexity index is 4160. The molecule has 0 saturated carbocycles. The third kappa shape index (κ3) is 4.89. The van der Waals surface area contributed by atoms with Gasteiger partial charge in [0.2, 0.25) is 0 Å². The fraction of sp³-hybridized carbons (Fsp3) is 0.0154. The Balaban J connectivity index is 1.11. The molecular weight excluding hydrogens is 811 g/mol. The molecule has 0 N–H and O–H groups in total. The monoisotopic (exact) mass is 849 g/mol. The molecule has 0 fully saturated rings. The largest absolute Gasteiger partial charge is 0.454 e. The molecule has 1 unspecified atom stereocenters. The maximum Gasteiger partial charge on any atom is 0.159 e. The second-order valence-electron chi connectivity index (χ2n) is 18.2. The number of benzene rings is 12. The van der Waals surface area contributed by atoms with Crippen molar-refractivity contribution in [1.82, 2.24) is 0 Å². The highest BCUT2D eigenvalue weighted by atomic mass is 16.3. The lowest BCUT2D eigenvalue weighted by atomic mass is 9.65. The van der Waals surface area contributed by atoms with Crippen molar-refractivity contribution in [1.29, 1.82) is 0 Å². The molecular formula is C65H39NO.